The van der Waals surface area contributed by atoms with Gasteiger partial charge in [-0.1, -0.05) is 12.1 Å². The second kappa shape index (κ2) is 8.62. The second-order valence-electron chi connectivity index (χ2n) is 5.09. The van der Waals surface area contributed by atoms with Crippen molar-refractivity contribution < 1.29 is 23.1 Å². The third-order valence-electron chi connectivity index (χ3n) is 3.22. The van der Waals surface area contributed by atoms with Gasteiger partial charge in [-0.25, -0.2) is 13.6 Å². The van der Waals surface area contributed by atoms with Gasteiger partial charge in [-0.3, -0.25) is 4.79 Å². The summed E-state index contributed by atoms with van der Waals surface area (Å²) in [6, 6.07) is 8.96. The lowest BCUT2D eigenvalue weighted by atomic mass is 10.1. The number of benzene rings is 2. The summed E-state index contributed by atoms with van der Waals surface area (Å²) in [4.78, 5) is 22.6. The molecule has 0 aliphatic rings. The van der Waals surface area contributed by atoms with E-state index in [4.69, 9.17) is 10.5 Å². The molecule has 0 unspecified atom stereocenters. The molecule has 0 fully saturated rings. The summed E-state index contributed by atoms with van der Waals surface area (Å²) in [6.45, 7) is 0.462. The molecular weight excluding hydrogens is 332 g/mol. The van der Waals surface area contributed by atoms with Gasteiger partial charge in [0.2, 0.25) is 0 Å². The van der Waals surface area contributed by atoms with Crippen molar-refractivity contribution in [2.75, 3.05) is 13.2 Å². The van der Waals surface area contributed by atoms with E-state index >= 15 is 0 Å². The molecule has 4 N–H and O–H groups in total. The van der Waals surface area contributed by atoms with Gasteiger partial charge in [0.15, 0.2) is 11.6 Å². The molecule has 0 spiro atoms. The fourth-order valence-corrected chi connectivity index (χ4v) is 1.98. The fraction of sp³-hybridized carbons (Fsp3) is 0.176. The van der Waals surface area contributed by atoms with E-state index in [-0.39, 0.29) is 31.4 Å². The van der Waals surface area contributed by atoms with Crippen LogP contribution in [0.1, 0.15) is 15.9 Å². The van der Waals surface area contributed by atoms with E-state index in [2.05, 4.69) is 10.6 Å². The van der Waals surface area contributed by atoms with Crippen molar-refractivity contribution in [2.45, 2.75) is 6.54 Å². The van der Waals surface area contributed by atoms with Gasteiger partial charge in [-0.15, -0.1) is 0 Å². The highest BCUT2D eigenvalue weighted by atomic mass is 19.1. The monoisotopic (exact) mass is 349 g/mol. The summed E-state index contributed by atoms with van der Waals surface area (Å²) in [5.41, 5.74) is 6.20. The molecule has 0 heterocycles. The molecule has 6 nitrogen and oxygen atoms in total. The van der Waals surface area contributed by atoms with E-state index in [1.54, 1.807) is 24.3 Å². The molecule has 0 bridgehead atoms. The van der Waals surface area contributed by atoms with Crippen LogP contribution in [-0.4, -0.2) is 25.1 Å². The van der Waals surface area contributed by atoms with E-state index in [0.29, 0.717) is 5.56 Å². The Morgan fingerprint density at radius 1 is 1.04 bits per heavy atom. The maximum Gasteiger partial charge on any atom is 0.312 e. The van der Waals surface area contributed by atoms with Gasteiger partial charge in [-0.05, 0) is 29.8 Å². The van der Waals surface area contributed by atoms with Crippen LogP contribution < -0.4 is 21.1 Å². The van der Waals surface area contributed by atoms with Crippen molar-refractivity contribution in [2.24, 2.45) is 5.73 Å². The summed E-state index contributed by atoms with van der Waals surface area (Å²) in [5.74, 6) is -1.89. The minimum Gasteiger partial charge on any atom is -0.489 e. The molecular formula is C17H17F2N3O3. The Morgan fingerprint density at radius 3 is 2.40 bits per heavy atom. The number of nitrogens with one attached hydrogen (secondary N) is 2. The molecule has 0 aromatic heterocycles. The largest absolute Gasteiger partial charge is 0.489 e. The summed E-state index contributed by atoms with van der Waals surface area (Å²) >= 11 is 0. The van der Waals surface area contributed by atoms with Crippen LogP contribution in [0.4, 0.5) is 13.6 Å². The summed E-state index contributed by atoms with van der Waals surface area (Å²) in [7, 11) is 0. The Morgan fingerprint density at radius 2 is 1.76 bits per heavy atom. The van der Waals surface area contributed by atoms with Gasteiger partial charge in [0.1, 0.15) is 12.4 Å². The van der Waals surface area contributed by atoms with Crippen LogP contribution in [0.3, 0.4) is 0 Å². The molecule has 25 heavy (non-hydrogen) atoms. The van der Waals surface area contributed by atoms with Crippen molar-refractivity contribution in [3.05, 3.63) is 65.2 Å². The van der Waals surface area contributed by atoms with Gasteiger partial charge in [0.25, 0.3) is 5.91 Å². The van der Waals surface area contributed by atoms with Crippen LogP contribution in [-0.2, 0) is 6.54 Å². The van der Waals surface area contributed by atoms with Gasteiger partial charge in [0, 0.05) is 18.2 Å². The Bertz CT molecular complexity index is 751. The van der Waals surface area contributed by atoms with E-state index < -0.39 is 17.7 Å². The average Bonchev–Trinajstić information content (AvgIpc) is 2.58. The zero-order valence-corrected chi connectivity index (χ0v) is 13.2. The van der Waals surface area contributed by atoms with Gasteiger partial charge < -0.3 is 21.1 Å². The highest BCUT2D eigenvalue weighted by molar-refractivity contribution is 5.94. The van der Waals surface area contributed by atoms with Crippen LogP contribution in [0.15, 0.2) is 42.5 Å². The molecule has 132 valence electrons. The predicted octanol–water partition coefficient (Wildman–Crippen LogP) is 1.94. The number of urea groups is 1. The first kappa shape index (κ1) is 18.2. The lowest BCUT2D eigenvalue weighted by Crippen LogP contribution is -2.29. The number of carbonyl (C=O) groups excluding carboxylic acids is 2. The minimum atomic E-state index is -0.800. The topological polar surface area (TPSA) is 93.5 Å². The Kier molecular flexibility index (Phi) is 6.27. The van der Waals surface area contributed by atoms with Crippen LogP contribution in [0, 0.1) is 11.6 Å². The smallest absolute Gasteiger partial charge is 0.312 e. The molecule has 2 rings (SSSR count). The zero-order chi connectivity index (χ0) is 18.2. The van der Waals surface area contributed by atoms with Crippen molar-refractivity contribution in [3.8, 4) is 5.75 Å². The van der Waals surface area contributed by atoms with Gasteiger partial charge in [0.05, 0.1) is 6.54 Å². The molecule has 0 aliphatic heterocycles. The molecule has 3 amide bonds. The summed E-state index contributed by atoms with van der Waals surface area (Å²) in [6.07, 6.45) is 0. The molecule has 2 aromatic carbocycles. The third kappa shape index (κ3) is 5.76. The number of halogens is 2. The lowest BCUT2D eigenvalue weighted by molar-refractivity contribution is 0.0946. The van der Waals surface area contributed by atoms with Crippen LogP contribution in [0.5, 0.6) is 5.75 Å². The van der Waals surface area contributed by atoms with Crippen LogP contribution >= 0.6 is 0 Å². The first-order valence-corrected chi connectivity index (χ1v) is 7.44. The SMILES string of the molecule is NC(=O)NCc1ccc(C(=O)NCCOc2ccc(F)cc2F)cc1. The van der Waals surface area contributed by atoms with E-state index in [1.165, 1.54) is 6.07 Å². The van der Waals surface area contributed by atoms with E-state index in [1.807, 2.05) is 0 Å². The standard InChI is InChI=1S/C17H17F2N3O3/c18-13-5-6-15(14(19)9-13)25-8-7-21-16(23)12-3-1-11(2-4-12)10-22-17(20)24/h1-6,9H,7-8,10H2,(H,21,23)(H3,20,22,24). The van der Waals surface area contributed by atoms with Crippen molar-refractivity contribution in [1.82, 2.24) is 10.6 Å². The van der Waals surface area contributed by atoms with Gasteiger partial charge >= 0.3 is 6.03 Å². The highest BCUT2D eigenvalue weighted by Gasteiger charge is 2.07. The van der Waals surface area contributed by atoms with Crippen LogP contribution in [0.2, 0.25) is 0 Å². The minimum absolute atomic E-state index is 0.0366. The van der Waals surface area contributed by atoms with Crippen molar-refractivity contribution in [1.29, 1.82) is 0 Å². The van der Waals surface area contributed by atoms with Crippen LogP contribution in [0.25, 0.3) is 0 Å². The number of rotatable bonds is 7. The number of amides is 3. The summed E-state index contributed by atoms with van der Waals surface area (Å²) < 4.78 is 31.3. The maximum atomic E-state index is 13.4. The molecule has 2 aromatic rings. The maximum absolute atomic E-state index is 13.4. The zero-order valence-electron chi connectivity index (χ0n) is 13.2. The predicted molar refractivity (Wildman–Crippen MR) is 87.1 cm³/mol. The lowest BCUT2D eigenvalue weighted by Gasteiger charge is -2.09. The number of ether oxygens (including phenoxy) is 1. The van der Waals surface area contributed by atoms with Crippen molar-refractivity contribution >= 4 is 11.9 Å². The Balaban J connectivity index is 1.77. The average molecular weight is 349 g/mol. The second-order valence-corrected chi connectivity index (χ2v) is 5.09. The van der Waals surface area contributed by atoms with Gasteiger partial charge in [-0.2, -0.15) is 0 Å². The number of hydrogen-bond acceptors (Lipinski definition) is 3. The fourth-order valence-electron chi connectivity index (χ4n) is 1.98. The summed E-state index contributed by atoms with van der Waals surface area (Å²) in [5, 5.41) is 5.06. The Labute approximate surface area is 143 Å². The molecule has 0 saturated carbocycles. The number of primary amides is 1. The number of hydrogen-bond donors (Lipinski definition) is 3. The van der Waals surface area contributed by atoms with E-state index in [9.17, 15) is 18.4 Å². The first-order chi connectivity index (χ1) is 12.0. The molecule has 0 aliphatic carbocycles. The first-order valence-electron chi connectivity index (χ1n) is 7.44. The molecule has 8 heteroatoms. The highest BCUT2D eigenvalue weighted by Crippen LogP contribution is 2.17. The number of nitrogens with two attached hydrogens (primary N) is 1. The Hall–Kier alpha value is -3.16. The molecule has 0 atom stereocenters. The molecule has 0 saturated heterocycles. The third-order valence-corrected chi connectivity index (χ3v) is 3.22. The molecule has 0 radical (unpaired) electrons. The van der Waals surface area contributed by atoms with Crippen molar-refractivity contribution in [3.63, 3.8) is 0 Å². The van der Waals surface area contributed by atoms with E-state index in [0.717, 1.165) is 17.7 Å². The quantitative estimate of drug-likeness (QED) is 0.667. The normalized spacial score (nSPS) is 10.2. The number of carbonyl (C=O) groups is 2.